The number of hydrogen-bond donors (Lipinski definition) is 1. The summed E-state index contributed by atoms with van der Waals surface area (Å²) in [5, 5.41) is 3.52. The van der Waals surface area contributed by atoms with Crippen LogP contribution >= 0.6 is 0 Å². The van der Waals surface area contributed by atoms with E-state index in [0.29, 0.717) is 18.4 Å². The van der Waals surface area contributed by atoms with E-state index in [-0.39, 0.29) is 5.91 Å². The molecule has 1 aromatic rings. The van der Waals surface area contributed by atoms with Gasteiger partial charge in [0.2, 0.25) is 5.91 Å². The second-order valence-electron chi connectivity index (χ2n) is 5.30. The van der Waals surface area contributed by atoms with E-state index in [2.05, 4.69) is 10.3 Å². The van der Waals surface area contributed by atoms with E-state index in [4.69, 9.17) is 0 Å². The Labute approximate surface area is 107 Å². The number of nitrogens with one attached hydrogen (secondary N) is 1. The largest absolute Gasteiger partial charge is 0.340 e. The lowest BCUT2D eigenvalue weighted by Gasteiger charge is -2.24. The normalized spacial score (nSPS) is 27.0. The molecule has 0 saturated carbocycles. The van der Waals surface area contributed by atoms with Crippen LogP contribution in [0.25, 0.3) is 0 Å². The number of carbonyl (C=O) groups excluding carboxylic acids is 1. The molecule has 0 unspecified atom stereocenters. The number of hydrogen-bond acceptors (Lipinski definition) is 3. The molecule has 0 aromatic carbocycles. The monoisotopic (exact) mass is 245 g/mol. The third kappa shape index (κ3) is 2.38. The van der Waals surface area contributed by atoms with Crippen molar-refractivity contribution < 1.29 is 4.79 Å². The first-order valence-corrected chi connectivity index (χ1v) is 6.73. The third-order valence-corrected chi connectivity index (χ3v) is 4.03. The zero-order valence-corrected chi connectivity index (χ0v) is 10.5. The lowest BCUT2D eigenvalue weighted by molar-refractivity contribution is -0.129. The molecule has 0 radical (unpaired) electrons. The Morgan fingerprint density at radius 2 is 2.44 bits per heavy atom. The SMILES string of the molecule is O=C(Cc1cccnc1)N1C[C@@H]2CCCN[C@@H]2C1. The highest BCUT2D eigenvalue weighted by atomic mass is 16.2. The molecule has 18 heavy (non-hydrogen) atoms. The van der Waals surface area contributed by atoms with E-state index in [1.54, 1.807) is 12.4 Å². The Hall–Kier alpha value is -1.42. The van der Waals surface area contributed by atoms with Crippen LogP contribution in [0.4, 0.5) is 0 Å². The summed E-state index contributed by atoms with van der Waals surface area (Å²) in [5.74, 6) is 0.899. The summed E-state index contributed by atoms with van der Waals surface area (Å²) >= 11 is 0. The number of pyridine rings is 1. The van der Waals surface area contributed by atoms with Crippen molar-refractivity contribution in [2.45, 2.75) is 25.3 Å². The predicted molar refractivity (Wildman–Crippen MR) is 69.0 cm³/mol. The van der Waals surface area contributed by atoms with Gasteiger partial charge in [-0.3, -0.25) is 9.78 Å². The molecule has 0 aliphatic carbocycles. The lowest BCUT2D eigenvalue weighted by atomic mass is 9.94. The van der Waals surface area contributed by atoms with Crippen molar-refractivity contribution in [1.82, 2.24) is 15.2 Å². The smallest absolute Gasteiger partial charge is 0.227 e. The van der Waals surface area contributed by atoms with Crippen LogP contribution in [0, 0.1) is 5.92 Å². The van der Waals surface area contributed by atoms with Gasteiger partial charge in [0.15, 0.2) is 0 Å². The van der Waals surface area contributed by atoms with E-state index in [1.807, 2.05) is 17.0 Å². The molecule has 0 spiro atoms. The average Bonchev–Trinajstić information content (AvgIpc) is 2.84. The fraction of sp³-hybridized carbons (Fsp3) is 0.571. The van der Waals surface area contributed by atoms with Crippen LogP contribution in [0.2, 0.25) is 0 Å². The molecule has 2 aliphatic heterocycles. The molecule has 1 aromatic heterocycles. The maximum Gasteiger partial charge on any atom is 0.227 e. The van der Waals surface area contributed by atoms with Gasteiger partial charge in [-0.05, 0) is 36.9 Å². The maximum absolute atomic E-state index is 12.2. The Kier molecular flexibility index (Phi) is 3.28. The lowest BCUT2D eigenvalue weighted by Crippen LogP contribution is -2.41. The van der Waals surface area contributed by atoms with E-state index < -0.39 is 0 Å². The van der Waals surface area contributed by atoms with Gasteiger partial charge < -0.3 is 10.2 Å². The minimum Gasteiger partial charge on any atom is -0.340 e. The molecule has 96 valence electrons. The van der Waals surface area contributed by atoms with Gasteiger partial charge in [-0.2, -0.15) is 0 Å². The summed E-state index contributed by atoms with van der Waals surface area (Å²) in [4.78, 5) is 18.3. The number of nitrogens with zero attached hydrogens (tertiary/aromatic N) is 2. The second kappa shape index (κ2) is 5.06. The summed E-state index contributed by atoms with van der Waals surface area (Å²) in [6.07, 6.45) is 6.50. The van der Waals surface area contributed by atoms with Crippen molar-refractivity contribution in [3.63, 3.8) is 0 Å². The zero-order valence-electron chi connectivity index (χ0n) is 10.5. The van der Waals surface area contributed by atoms with Gasteiger partial charge in [0.25, 0.3) is 0 Å². The molecule has 4 nitrogen and oxygen atoms in total. The molecular formula is C14H19N3O. The average molecular weight is 245 g/mol. The maximum atomic E-state index is 12.2. The standard InChI is InChI=1S/C14H19N3O/c18-14(7-11-3-1-5-15-8-11)17-9-12-4-2-6-16-13(12)10-17/h1,3,5,8,12-13,16H,2,4,6-7,9-10H2/t12-,13+/m0/s1. The molecule has 4 heteroatoms. The van der Waals surface area contributed by atoms with Gasteiger partial charge in [-0.1, -0.05) is 6.07 Å². The number of fused-ring (bicyclic) bond motifs is 1. The highest BCUT2D eigenvalue weighted by Gasteiger charge is 2.36. The Bertz CT molecular complexity index is 406. The van der Waals surface area contributed by atoms with Crippen molar-refractivity contribution in [2.75, 3.05) is 19.6 Å². The van der Waals surface area contributed by atoms with Crippen LogP contribution in [0.15, 0.2) is 24.5 Å². The van der Waals surface area contributed by atoms with Gasteiger partial charge in [0.05, 0.1) is 6.42 Å². The minimum atomic E-state index is 0.235. The highest BCUT2D eigenvalue weighted by molar-refractivity contribution is 5.79. The molecule has 2 atom stereocenters. The minimum absolute atomic E-state index is 0.235. The Morgan fingerprint density at radius 1 is 1.50 bits per heavy atom. The summed E-state index contributed by atoms with van der Waals surface area (Å²) < 4.78 is 0. The summed E-state index contributed by atoms with van der Waals surface area (Å²) in [7, 11) is 0. The Balaban J connectivity index is 1.60. The molecule has 0 bridgehead atoms. The second-order valence-corrected chi connectivity index (χ2v) is 5.30. The molecular weight excluding hydrogens is 226 g/mol. The number of carbonyl (C=O) groups is 1. The number of likely N-dealkylation sites (tertiary alicyclic amines) is 1. The van der Waals surface area contributed by atoms with E-state index in [0.717, 1.165) is 25.2 Å². The summed E-state index contributed by atoms with van der Waals surface area (Å²) in [6.45, 7) is 2.91. The first kappa shape index (κ1) is 11.7. The van der Waals surface area contributed by atoms with Crippen LogP contribution in [0.1, 0.15) is 18.4 Å². The van der Waals surface area contributed by atoms with Gasteiger partial charge in [-0.15, -0.1) is 0 Å². The molecule has 2 aliphatic rings. The van der Waals surface area contributed by atoms with Crippen LogP contribution < -0.4 is 5.32 Å². The van der Waals surface area contributed by atoms with Crippen molar-refractivity contribution in [3.8, 4) is 0 Å². The fourth-order valence-electron chi connectivity index (χ4n) is 3.04. The van der Waals surface area contributed by atoms with Crippen molar-refractivity contribution in [1.29, 1.82) is 0 Å². The first-order valence-electron chi connectivity index (χ1n) is 6.73. The number of rotatable bonds is 2. The van der Waals surface area contributed by atoms with Crippen LogP contribution in [0.5, 0.6) is 0 Å². The quantitative estimate of drug-likeness (QED) is 0.839. The van der Waals surface area contributed by atoms with Crippen LogP contribution in [-0.2, 0) is 11.2 Å². The molecule has 2 fully saturated rings. The Morgan fingerprint density at radius 3 is 3.22 bits per heavy atom. The molecule has 3 rings (SSSR count). The number of aromatic nitrogens is 1. The highest BCUT2D eigenvalue weighted by Crippen LogP contribution is 2.25. The van der Waals surface area contributed by atoms with Crippen LogP contribution in [-0.4, -0.2) is 41.5 Å². The molecule has 1 amide bonds. The van der Waals surface area contributed by atoms with Crippen molar-refractivity contribution in [3.05, 3.63) is 30.1 Å². The zero-order chi connectivity index (χ0) is 12.4. The topological polar surface area (TPSA) is 45.2 Å². The van der Waals surface area contributed by atoms with Crippen molar-refractivity contribution >= 4 is 5.91 Å². The molecule has 1 N–H and O–H groups in total. The third-order valence-electron chi connectivity index (χ3n) is 4.03. The molecule has 2 saturated heterocycles. The van der Waals surface area contributed by atoms with Gasteiger partial charge in [0, 0.05) is 31.5 Å². The van der Waals surface area contributed by atoms with E-state index >= 15 is 0 Å². The predicted octanol–water partition coefficient (Wildman–Crippen LogP) is 0.834. The first-order chi connectivity index (χ1) is 8.83. The van der Waals surface area contributed by atoms with Crippen LogP contribution in [0.3, 0.4) is 0 Å². The fourth-order valence-corrected chi connectivity index (χ4v) is 3.04. The number of piperidine rings is 1. The summed E-state index contributed by atoms with van der Waals surface area (Å²) in [6, 6.07) is 4.37. The van der Waals surface area contributed by atoms with E-state index in [1.165, 1.54) is 12.8 Å². The van der Waals surface area contributed by atoms with Gasteiger partial charge in [0.1, 0.15) is 0 Å². The van der Waals surface area contributed by atoms with Gasteiger partial charge in [-0.25, -0.2) is 0 Å². The molecule has 3 heterocycles. The summed E-state index contributed by atoms with van der Waals surface area (Å²) in [5.41, 5.74) is 1.00. The van der Waals surface area contributed by atoms with Gasteiger partial charge >= 0.3 is 0 Å². The van der Waals surface area contributed by atoms with Crippen molar-refractivity contribution in [2.24, 2.45) is 5.92 Å². The van der Waals surface area contributed by atoms with E-state index in [9.17, 15) is 4.79 Å². The number of amides is 1.